The number of amides is 3. The fourth-order valence-electron chi connectivity index (χ4n) is 3.31. The lowest BCUT2D eigenvalue weighted by Gasteiger charge is -2.10. The first-order valence-corrected chi connectivity index (χ1v) is 13.5. The van der Waals surface area contributed by atoms with Crippen molar-refractivity contribution < 1.29 is 37.1 Å². The van der Waals surface area contributed by atoms with Gasteiger partial charge in [0.25, 0.3) is 27.7 Å². The van der Waals surface area contributed by atoms with Crippen LogP contribution in [0.4, 0.5) is 0 Å². The molecule has 12 nitrogen and oxygen atoms in total. The van der Waals surface area contributed by atoms with Gasteiger partial charge in [-0.05, 0) is 54.4 Å². The van der Waals surface area contributed by atoms with Gasteiger partial charge in [0.05, 0.1) is 35.3 Å². The number of ether oxygens (including phenoxy) is 2. The standard InChI is InChI=1S/C26H25ClN4O8S/c1-38-18-7-8-21(27)20(13-18)25(34)28-11-10-16-4-3-5-19(12-16)40(36,37)31-24(33)17-6-9-22(29-14-17)26(35)30-15-23(32)39-2/h3-9,12-14H,10-11,15H2,1-2H3,(H,28,34)(H,30,35)(H,31,33). The van der Waals surface area contributed by atoms with E-state index in [1.54, 1.807) is 18.2 Å². The lowest BCUT2D eigenvalue weighted by atomic mass is 10.1. The number of esters is 1. The van der Waals surface area contributed by atoms with Crippen molar-refractivity contribution in [1.82, 2.24) is 20.3 Å². The Morgan fingerprint density at radius 3 is 2.38 bits per heavy atom. The van der Waals surface area contributed by atoms with E-state index in [4.69, 9.17) is 16.3 Å². The van der Waals surface area contributed by atoms with Gasteiger partial charge in [0.1, 0.15) is 18.0 Å². The van der Waals surface area contributed by atoms with Crippen molar-refractivity contribution in [3.05, 3.63) is 88.2 Å². The van der Waals surface area contributed by atoms with E-state index < -0.39 is 33.7 Å². The molecule has 2 aromatic carbocycles. The Morgan fingerprint density at radius 2 is 1.70 bits per heavy atom. The van der Waals surface area contributed by atoms with Crippen molar-refractivity contribution in [2.75, 3.05) is 27.3 Å². The maximum Gasteiger partial charge on any atom is 0.325 e. The van der Waals surface area contributed by atoms with Gasteiger partial charge in [-0.1, -0.05) is 23.7 Å². The number of nitrogens with one attached hydrogen (secondary N) is 3. The molecule has 210 valence electrons. The predicted molar refractivity (Wildman–Crippen MR) is 144 cm³/mol. The van der Waals surface area contributed by atoms with Gasteiger partial charge in [-0.3, -0.25) is 24.2 Å². The van der Waals surface area contributed by atoms with Gasteiger partial charge >= 0.3 is 5.97 Å². The number of carbonyl (C=O) groups is 4. The van der Waals surface area contributed by atoms with Gasteiger partial charge in [-0.25, -0.2) is 13.1 Å². The zero-order valence-electron chi connectivity index (χ0n) is 21.4. The summed E-state index contributed by atoms with van der Waals surface area (Å²) in [7, 11) is -1.61. The molecule has 3 aromatic rings. The Labute approximate surface area is 235 Å². The van der Waals surface area contributed by atoms with Crippen molar-refractivity contribution in [2.45, 2.75) is 11.3 Å². The minimum absolute atomic E-state index is 0.0863. The van der Waals surface area contributed by atoms with Gasteiger partial charge in [-0.2, -0.15) is 0 Å². The highest BCUT2D eigenvalue weighted by Gasteiger charge is 2.20. The fraction of sp³-hybridized carbons (Fsp3) is 0.192. The average molecular weight is 589 g/mol. The summed E-state index contributed by atoms with van der Waals surface area (Å²) < 4.78 is 37.2. The highest BCUT2D eigenvalue weighted by molar-refractivity contribution is 7.90. The van der Waals surface area contributed by atoms with Gasteiger partial charge in [0, 0.05) is 12.7 Å². The number of sulfonamides is 1. The Morgan fingerprint density at radius 1 is 0.925 bits per heavy atom. The van der Waals surface area contributed by atoms with Crippen LogP contribution in [0, 0.1) is 0 Å². The van der Waals surface area contributed by atoms with E-state index in [9.17, 15) is 27.6 Å². The first-order chi connectivity index (χ1) is 19.0. The largest absolute Gasteiger partial charge is 0.497 e. The molecule has 0 aliphatic rings. The predicted octanol–water partition coefficient (Wildman–Crippen LogP) is 1.74. The zero-order chi connectivity index (χ0) is 29.3. The maximum absolute atomic E-state index is 12.8. The fourth-order valence-corrected chi connectivity index (χ4v) is 4.55. The van der Waals surface area contributed by atoms with Crippen molar-refractivity contribution >= 4 is 45.3 Å². The maximum atomic E-state index is 12.8. The highest BCUT2D eigenvalue weighted by Crippen LogP contribution is 2.22. The van der Waals surface area contributed by atoms with Crippen LogP contribution < -0.4 is 20.1 Å². The van der Waals surface area contributed by atoms with Gasteiger partial charge < -0.3 is 20.1 Å². The van der Waals surface area contributed by atoms with Gasteiger partial charge in [0.2, 0.25) is 0 Å². The van der Waals surface area contributed by atoms with Crippen LogP contribution in [0.25, 0.3) is 0 Å². The third kappa shape index (κ3) is 8.01. The smallest absolute Gasteiger partial charge is 0.325 e. The lowest BCUT2D eigenvalue weighted by molar-refractivity contribution is -0.139. The third-order valence-corrected chi connectivity index (χ3v) is 7.09. The molecule has 40 heavy (non-hydrogen) atoms. The summed E-state index contributed by atoms with van der Waals surface area (Å²) in [5, 5.41) is 5.27. The normalized spacial score (nSPS) is 10.8. The van der Waals surface area contributed by atoms with E-state index in [1.807, 2.05) is 4.72 Å². The number of nitrogens with zero attached hydrogens (tertiary/aromatic N) is 1. The summed E-state index contributed by atoms with van der Waals surface area (Å²) in [4.78, 5) is 51.9. The van der Waals surface area contributed by atoms with Crippen molar-refractivity contribution in [3.63, 3.8) is 0 Å². The molecule has 0 radical (unpaired) electrons. The van der Waals surface area contributed by atoms with Gasteiger partial charge in [-0.15, -0.1) is 0 Å². The molecule has 0 spiro atoms. The SMILES string of the molecule is COC(=O)CNC(=O)c1ccc(C(=O)NS(=O)(=O)c2cccc(CCNC(=O)c3cc(OC)ccc3Cl)c2)cn1. The molecular weight excluding hydrogens is 564 g/mol. The van der Waals surface area contributed by atoms with E-state index >= 15 is 0 Å². The van der Waals surface area contributed by atoms with E-state index in [-0.39, 0.29) is 39.8 Å². The summed E-state index contributed by atoms with van der Waals surface area (Å²) in [5.41, 5.74) is 0.640. The molecular formula is C26H25ClN4O8S. The molecule has 1 aromatic heterocycles. The summed E-state index contributed by atoms with van der Waals surface area (Å²) in [5.74, 6) is -2.23. The van der Waals surface area contributed by atoms with Crippen LogP contribution in [0.15, 0.2) is 65.7 Å². The van der Waals surface area contributed by atoms with Gasteiger partial charge in [0.15, 0.2) is 0 Å². The molecule has 3 amide bonds. The van der Waals surface area contributed by atoms with E-state index in [2.05, 4.69) is 20.4 Å². The number of halogens is 1. The molecule has 0 saturated carbocycles. The summed E-state index contributed by atoms with van der Waals surface area (Å²) in [6.07, 6.45) is 1.33. The van der Waals surface area contributed by atoms with Crippen LogP contribution in [0.5, 0.6) is 5.75 Å². The Balaban J connectivity index is 1.60. The van der Waals surface area contributed by atoms with Crippen molar-refractivity contribution in [2.24, 2.45) is 0 Å². The number of pyridine rings is 1. The number of hydrogen-bond acceptors (Lipinski definition) is 9. The molecule has 0 fully saturated rings. The topological polar surface area (TPSA) is 170 Å². The molecule has 0 bridgehead atoms. The number of aromatic nitrogens is 1. The van der Waals surface area contributed by atoms with Crippen LogP contribution >= 0.6 is 11.6 Å². The second-order valence-electron chi connectivity index (χ2n) is 8.12. The summed E-state index contributed by atoms with van der Waals surface area (Å²) >= 11 is 6.10. The number of carbonyl (C=O) groups excluding carboxylic acids is 4. The lowest BCUT2D eigenvalue weighted by Crippen LogP contribution is -2.32. The molecule has 0 saturated heterocycles. The number of rotatable bonds is 11. The summed E-state index contributed by atoms with van der Waals surface area (Å²) in [6.45, 7) is -0.174. The monoisotopic (exact) mass is 588 g/mol. The minimum atomic E-state index is -4.25. The molecule has 14 heteroatoms. The summed E-state index contributed by atoms with van der Waals surface area (Å²) in [6, 6.07) is 13.0. The molecule has 3 N–H and O–H groups in total. The van der Waals surface area contributed by atoms with E-state index in [0.717, 1.165) is 6.20 Å². The number of benzene rings is 2. The van der Waals surface area contributed by atoms with Crippen molar-refractivity contribution in [3.8, 4) is 5.75 Å². The quantitative estimate of drug-likeness (QED) is 0.282. The van der Waals surface area contributed by atoms with E-state index in [0.29, 0.717) is 17.7 Å². The second-order valence-corrected chi connectivity index (χ2v) is 10.2. The molecule has 3 rings (SSSR count). The molecule has 0 unspecified atom stereocenters. The van der Waals surface area contributed by atoms with E-state index in [1.165, 1.54) is 50.6 Å². The Bertz CT molecular complexity index is 1530. The first kappa shape index (κ1) is 30.1. The average Bonchev–Trinajstić information content (AvgIpc) is 2.95. The van der Waals surface area contributed by atoms with Crippen LogP contribution in [-0.4, -0.2) is 64.4 Å². The van der Waals surface area contributed by atoms with Crippen LogP contribution in [-0.2, 0) is 26.0 Å². The number of methoxy groups -OCH3 is 2. The number of hydrogen-bond donors (Lipinski definition) is 3. The molecule has 0 atom stereocenters. The van der Waals surface area contributed by atoms with Crippen molar-refractivity contribution in [1.29, 1.82) is 0 Å². The second kappa shape index (κ2) is 13.5. The van der Waals surface area contributed by atoms with Crippen LogP contribution in [0.2, 0.25) is 5.02 Å². The van der Waals surface area contributed by atoms with Crippen LogP contribution in [0.3, 0.4) is 0 Å². The molecule has 1 heterocycles. The zero-order valence-corrected chi connectivity index (χ0v) is 23.0. The highest BCUT2D eigenvalue weighted by atomic mass is 35.5. The Hall–Kier alpha value is -4.49. The molecule has 0 aliphatic heterocycles. The molecule has 0 aliphatic carbocycles. The van der Waals surface area contributed by atoms with Crippen LogP contribution in [0.1, 0.15) is 36.8 Å². The first-order valence-electron chi connectivity index (χ1n) is 11.6. The third-order valence-electron chi connectivity index (χ3n) is 5.43. The Kier molecular flexibility index (Phi) is 10.2. The minimum Gasteiger partial charge on any atom is -0.497 e.